The van der Waals surface area contributed by atoms with E-state index in [0.717, 1.165) is 25.3 Å². The van der Waals surface area contributed by atoms with Crippen LogP contribution in [0.25, 0.3) is 0 Å². The highest BCUT2D eigenvalue weighted by atomic mass is 35.5. The summed E-state index contributed by atoms with van der Waals surface area (Å²) in [4.78, 5) is 10.2. The van der Waals surface area contributed by atoms with Crippen molar-refractivity contribution in [2.45, 2.75) is 26.3 Å². The molecule has 0 unspecified atom stereocenters. The molecule has 0 aromatic carbocycles. The highest BCUT2D eigenvalue weighted by Gasteiger charge is 2.02. The largest absolute Gasteiger partial charge is 0.370 e. The van der Waals surface area contributed by atoms with Crippen LogP contribution in [0.2, 0.25) is 5.15 Å². The van der Waals surface area contributed by atoms with Crippen molar-refractivity contribution in [3.05, 3.63) is 17.5 Å². The molecule has 0 saturated carbocycles. The Labute approximate surface area is 102 Å². The van der Waals surface area contributed by atoms with Gasteiger partial charge in [-0.05, 0) is 33.9 Å². The summed E-state index contributed by atoms with van der Waals surface area (Å²) in [7, 11) is 2.13. The van der Waals surface area contributed by atoms with Crippen molar-refractivity contribution in [2.24, 2.45) is 0 Å². The lowest BCUT2D eigenvalue weighted by molar-refractivity contribution is 0.273. The summed E-state index contributed by atoms with van der Waals surface area (Å²) in [5, 5.41) is 3.69. The standard InChI is InChI=1S/C11H19ClN4/c1-9(2)16(3)6-4-5-13-11-7-10(12)14-8-15-11/h7-9H,4-6H2,1-3H3,(H,13,14,15). The lowest BCUT2D eigenvalue weighted by atomic mass is 10.3. The summed E-state index contributed by atoms with van der Waals surface area (Å²) in [5.74, 6) is 0.784. The average Bonchev–Trinajstić information content (AvgIpc) is 2.24. The van der Waals surface area contributed by atoms with E-state index >= 15 is 0 Å². The van der Waals surface area contributed by atoms with Crippen LogP contribution in [0.5, 0.6) is 0 Å². The molecule has 0 radical (unpaired) electrons. The lowest BCUT2D eigenvalue weighted by Gasteiger charge is -2.20. The number of nitrogens with zero attached hydrogens (tertiary/aromatic N) is 3. The monoisotopic (exact) mass is 242 g/mol. The molecule has 0 aliphatic carbocycles. The lowest BCUT2D eigenvalue weighted by Crippen LogP contribution is -2.28. The van der Waals surface area contributed by atoms with E-state index in [-0.39, 0.29) is 0 Å². The van der Waals surface area contributed by atoms with Crippen LogP contribution in [0.3, 0.4) is 0 Å². The zero-order valence-electron chi connectivity index (χ0n) is 10.1. The van der Waals surface area contributed by atoms with E-state index in [0.29, 0.717) is 11.2 Å². The molecule has 0 bridgehead atoms. The molecule has 1 aromatic rings. The van der Waals surface area contributed by atoms with Crippen molar-refractivity contribution in [3.8, 4) is 0 Å². The van der Waals surface area contributed by atoms with Gasteiger partial charge >= 0.3 is 0 Å². The summed E-state index contributed by atoms with van der Waals surface area (Å²) in [6, 6.07) is 2.32. The smallest absolute Gasteiger partial charge is 0.134 e. The van der Waals surface area contributed by atoms with E-state index in [4.69, 9.17) is 11.6 Å². The maximum absolute atomic E-state index is 5.75. The quantitative estimate of drug-likeness (QED) is 0.614. The zero-order chi connectivity index (χ0) is 12.0. The Balaban J connectivity index is 2.21. The summed E-state index contributed by atoms with van der Waals surface area (Å²) < 4.78 is 0. The predicted molar refractivity (Wildman–Crippen MR) is 67.9 cm³/mol. The molecule has 0 aliphatic rings. The minimum atomic E-state index is 0.469. The van der Waals surface area contributed by atoms with Crippen LogP contribution in [0.15, 0.2) is 12.4 Å². The zero-order valence-corrected chi connectivity index (χ0v) is 10.8. The van der Waals surface area contributed by atoms with Crippen molar-refractivity contribution in [1.29, 1.82) is 0 Å². The molecule has 1 heterocycles. The minimum absolute atomic E-state index is 0.469. The summed E-state index contributed by atoms with van der Waals surface area (Å²) >= 11 is 5.75. The highest BCUT2D eigenvalue weighted by molar-refractivity contribution is 6.29. The van der Waals surface area contributed by atoms with Crippen molar-refractivity contribution in [2.75, 3.05) is 25.5 Å². The van der Waals surface area contributed by atoms with Gasteiger partial charge in [0.25, 0.3) is 0 Å². The second-order valence-electron chi connectivity index (χ2n) is 4.08. The second-order valence-corrected chi connectivity index (χ2v) is 4.47. The topological polar surface area (TPSA) is 41.0 Å². The van der Waals surface area contributed by atoms with Gasteiger partial charge < -0.3 is 10.2 Å². The van der Waals surface area contributed by atoms with Crippen LogP contribution >= 0.6 is 11.6 Å². The van der Waals surface area contributed by atoms with Gasteiger partial charge in [0, 0.05) is 18.7 Å². The molecule has 1 aromatic heterocycles. The predicted octanol–water partition coefficient (Wildman–Crippen LogP) is 2.27. The number of hydrogen-bond donors (Lipinski definition) is 1. The fourth-order valence-corrected chi connectivity index (χ4v) is 1.38. The number of nitrogens with one attached hydrogen (secondary N) is 1. The number of aromatic nitrogens is 2. The number of anilines is 1. The van der Waals surface area contributed by atoms with Crippen LogP contribution in [-0.4, -0.2) is 41.0 Å². The van der Waals surface area contributed by atoms with E-state index in [9.17, 15) is 0 Å². The van der Waals surface area contributed by atoms with Crippen molar-refractivity contribution in [3.63, 3.8) is 0 Å². The van der Waals surface area contributed by atoms with Gasteiger partial charge in [-0.15, -0.1) is 0 Å². The van der Waals surface area contributed by atoms with E-state index < -0.39 is 0 Å². The molecule has 0 amide bonds. The molecule has 1 rings (SSSR count). The fraction of sp³-hybridized carbons (Fsp3) is 0.636. The molecular formula is C11H19ClN4. The summed E-state index contributed by atoms with van der Waals surface area (Å²) in [5.41, 5.74) is 0. The van der Waals surface area contributed by atoms with Gasteiger partial charge in [-0.2, -0.15) is 0 Å². The molecule has 0 spiro atoms. The van der Waals surface area contributed by atoms with Crippen LogP contribution in [0, 0.1) is 0 Å². The molecule has 4 nitrogen and oxygen atoms in total. The van der Waals surface area contributed by atoms with Crippen LogP contribution in [-0.2, 0) is 0 Å². The Hall–Kier alpha value is -0.870. The molecule has 1 N–H and O–H groups in total. The number of halogens is 1. The van der Waals surface area contributed by atoms with Gasteiger partial charge in [0.15, 0.2) is 0 Å². The van der Waals surface area contributed by atoms with Crippen molar-refractivity contribution in [1.82, 2.24) is 14.9 Å². The average molecular weight is 243 g/mol. The maximum Gasteiger partial charge on any atom is 0.134 e. The normalized spacial score (nSPS) is 11.1. The molecule has 0 saturated heterocycles. The Morgan fingerprint density at radius 1 is 1.44 bits per heavy atom. The first-order valence-corrected chi connectivity index (χ1v) is 5.89. The Morgan fingerprint density at radius 2 is 2.19 bits per heavy atom. The third-order valence-electron chi connectivity index (χ3n) is 2.51. The number of rotatable bonds is 6. The second kappa shape index (κ2) is 6.66. The Kier molecular flexibility index (Phi) is 5.49. The van der Waals surface area contributed by atoms with Gasteiger partial charge in [0.2, 0.25) is 0 Å². The molecule has 0 atom stereocenters. The summed E-state index contributed by atoms with van der Waals surface area (Å²) in [6.07, 6.45) is 2.54. The Bertz CT molecular complexity index is 317. The van der Waals surface area contributed by atoms with Crippen molar-refractivity contribution < 1.29 is 0 Å². The molecular weight excluding hydrogens is 224 g/mol. The van der Waals surface area contributed by atoms with Gasteiger partial charge in [-0.1, -0.05) is 11.6 Å². The van der Waals surface area contributed by atoms with Gasteiger partial charge in [-0.25, -0.2) is 9.97 Å². The van der Waals surface area contributed by atoms with E-state index in [1.807, 2.05) is 0 Å². The van der Waals surface area contributed by atoms with Gasteiger partial charge in [0.05, 0.1) is 0 Å². The first kappa shape index (κ1) is 13.2. The SMILES string of the molecule is CC(C)N(C)CCCNc1cc(Cl)ncn1. The Morgan fingerprint density at radius 3 is 2.81 bits per heavy atom. The third-order valence-corrected chi connectivity index (χ3v) is 2.72. The highest BCUT2D eigenvalue weighted by Crippen LogP contribution is 2.08. The molecule has 0 aliphatic heterocycles. The first-order valence-electron chi connectivity index (χ1n) is 5.51. The van der Waals surface area contributed by atoms with Crippen LogP contribution in [0.4, 0.5) is 5.82 Å². The van der Waals surface area contributed by atoms with E-state index in [2.05, 4.69) is 41.1 Å². The summed E-state index contributed by atoms with van der Waals surface area (Å²) in [6.45, 7) is 6.35. The van der Waals surface area contributed by atoms with Gasteiger partial charge in [0.1, 0.15) is 17.3 Å². The molecule has 90 valence electrons. The molecule has 16 heavy (non-hydrogen) atoms. The van der Waals surface area contributed by atoms with Crippen LogP contribution < -0.4 is 5.32 Å². The third kappa shape index (κ3) is 4.77. The first-order chi connectivity index (χ1) is 7.59. The maximum atomic E-state index is 5.75. The van der Waals surface area contributed by atoms with Gasteiger partial charge in [-0.3, -0.25) is 0 Å². The number of hydrogen-bond acceptors (Lipinski definition) is 4. The van der Waals surface area contributed by atoms with E-state index in [1.165, 1.54) is 6.33 Å². The molecule has 0 fully saturated rings. The van der Waals surface area contributed by atoms with Crippen LogP contribution in [0.1, 0.15) is 20.3 Å². The van der Waals surface area contributed by atoms with E-state index in [1.54, 1.807) is 6.07 Å². The van der Waals surface area contributed by atoms with Crippen molar-refractivity contribution >= 4 is 17.4 Å². The molecule has 5 heteroatoms. The fourth-order valence-electron chi connectivity index (χ4n) is 1.23. The minimum Gasteiger partial charge on any atom is -0.370 e.